The third-order valence-electron chi connectivity index (χ3n) is 4.15. The summed E-state index contributed by atoms with van der Waals surface area (Å²) in [6.45, 7) is 0. The molecule has 0 amide bonds. The van der Waals surface area contributed by atoms with E-state index in [4.69, 9.17) is 4.74 Å². The molecule has 2 heterocycles. The van der Waals surface area contributed by atoms with Crippen molar-refractivity contribution in [2.75, 3.05) is 7.11 Å². The van der Waals surface area contributed by atoms with Gasteiger partial charge < -0.3 is 9.14 Å². The van der Waals surface area contributed by atoms with Crippen LogP contribution in [0.5, 0.6) is 5.75 Å². The number of aromatic nitrogens is 1. The third-order valence-corrected chi connectivity index (χ3v) is 4.15. The van der Waals surface area contributed by atoms with Crippen LogP contribution in [0.4, 0.5) is 0 Å². The normalized spacial score (nSPS) is 10.8. The smallest absolute Gasteiger partial charge is 0.118 e. The van der Waals surface area contributed by atoms with Crippen molar-refractivity contribution in [3.05, 3.63) is 85.1 Å². The minimum Gasteiger partial charge on any atom is -0.497 e. The number of rotatable bonds is 3. The number of hydrogen-bond acceptors (Lipinski definition) is 1. The van der Waals surface area contributed by atoms with E-state index in [9.17, 15) is 0 Å². The van der Waals surface area contributed by atoms with Gasteiger partial charge >= 0.3 is 0 Å². The highest BCUT2D eigenvalue weighted by Gasteiger charge is 2.11. The third kappa shape index (κ3) is 2.38. The molecule has 0 aliphatic rings. The number of fused-ring (bicyclic) bond motifs is 1. The van der Waals surface area contributed by atoms with Crippen molar-refractivity contribution in [2.45, 2.75) is 0 Å². The van der Waals surface area contributed by atoms with Crippen LogP contribution in [0, 0.1) is 0 Å². The van der Waals surface area contributed by atoms with Crippen molar-refractivity contribution in [2.24, 2.45) is 0 Å². The number of ether oxygens (including phenoxy) is 1. The van der Waals surface area contributed by atoms with Gasteiger partial charge in [-0.25, -0.2) is 0 Å². The van der Waals surface area contributed by atoms with Crippen LogP contribution in [-0.2, 0) is 0 Å². The van der Waals surface area contributed by atoms with E-state index in [1.165, 1.54) is 27.9 Å². The maximum atomic E-state index is 5.26. The van der Waals surface area contributed by atoms with Gasteiger partial charge in [0.25, 0.3) is 0 Å². The van der Waals surface area contributed by atoms with Gasteiger partial charge in [-0.1, -0.05) is 48.5 Å². The number of pyridine rings is 1. The largest absolute Gasteiger partial charge is 0.497 e. The maximum absolute atomic E-state index is 5.26. The summed E-state index contributed by atoms with van der Waals surface area (Å²) in [5, 5.41) is 0. The van der Waals surface area contributed by atoms with Crippen LogP contribution in [0.3, 0.4) is 0 Å². The van der Waals surface area contributed by atoms with Crippen LogP contribution in [-0.4, -0.2) is 11.5 Å². The fraction of sp³-hybridized carbons (Fsp3) is 0.0476. The molecule has 112 valence electrons. The van der Waals surface area contributed by atoms with E-state index in [-0.39, 0.29) is 0 Å². The van der Waals surface area contributed by atoms with Gasteiger partial charge in [-0.2, -0.15) is 0 Å². The lowest BCUT2D eigenvalue weighted by Gasteiger charge is -2.03. The average Bonchev–Trinajstić information content (AvgIpc) is 3.02. The Morgan fingerprint density at radius 2 is 1.48 bits per heavy atom. The summed E-state index contributed by atoms with van der Waals surface area (Å²) in [4.78, 5) is 0. The van der Waals surface area contributed by atoms with Gasteiger partial charge in [0.05, 0.1) is 18.3 Å². The monoisotopic (exact) mass is 299 g/mol. The first-order chi connectivity index (χ1) is 11.4. The van der Waals surface area contributed by atoms with Gasteiger partial charge in [0, 0.05) is 11.8 Å². The molecule has 0 saturated heterocycles. The predicted molar refractivity (Wildman–Crippen MR) is 94.8 cm³/mol. The zero-order valence-corrected chi connectivity index (χ0v) is 12.9. The van der Waals surface area contributed by atoms with E-state index in [0.29, 0.717) is 0 Å². The van der Waals surface area contributed by atoms with E-state index in [2.05, 4.69) is 71.3 Å². The molecule has 0 fully saturated rings. The molecular formula is C21H17NO. The van der Waals surface area contributed by atoms with Crippen LogP contribution in [0.15, 0.2) is 85.1 Å². The van der Waals surface area contributed by atoms with Gasteiger partial charge in [0.1, 0.15) is 5.75 Å². The second-order valence-corrected chi connectivity index (χ2v) is 5.49. The predicted octanol–water partition coefficient (Wildman–Crippen LogP) is 5.28. The highest BCUT2D eigenvalue weighted by molar-refractivity contribution is 5.87. The first-order valence-electron chi connectivity index (χ1n) is 7.67. The van der Waals surface area contributed by atoms with E-state index in [1.807, 2.05) is 18.2 Å². The molecule has 0 atom stereocenters. The van der Waals surface area contributed by atoms with E-state index in [0.717, 1.165) is 5.75 Å². The molecule has 0 N–H and O–H groups in total. The number of nitrogens with zero attached hydrogens (tertiary/aromatic N) is 1. The molecule has 0 bridgehead atoms. The Labute approximate surface area is 135 Å². The van der Waals surface area contributed by atoms with Crippen LogP contribution < -0.4 is 4.74 Å². The van der Waals surface area contributed by atoms with Crippen molar-refractivity contribution in [3.8, 4) is 28.1 Å². The van der Waals surface area contributed by atoms with Crippen molar-refractivity contribution in [1.82, 2.24) is 4.40 Å². The molecule has 2 nitrogen and oxygen atoms in total. The van der Waals surface area contributed by atoms with Gasteiger partial charge in [0.2, 0.25) is 0 Å². The molecule has 0 aliphatic carbocycles. The molecule has 23 heavy (non-hydrogen) atoms. The summed E-state index contributed by atoms with van der Waals surface area (Å²) in [5.74, 6) is 0.876. The van der Waals surface area contributed by atoms with E-state index < -0.39 is 0 Å². The van der Waals surface area contributed by atoms with E-state index >= 15 is 0 Å². The summed E-state index contributed by atoms with van der Waals surface area (Å²) in [6.07, 6.45) is 2.12. The summed E-state index contributed by atoms with van der Waals surface area (Å²) in [6, 6.07) is 27.3. The zero-order valence-electron chi connectivity index (χ0n) is 12.9. The van der Waals surface area contributed by atoms with Crippen LogP contribution in [0.25, 0.3) is 27.9 Å². The molecule has 4 rings (SSSR count). The average molecular weight is 299 g/mol. The SMILES string of the molecule is COc1ccc(-c2cc(-c3ccccc3)n3ccccc23)cc1. The Morgan fingerprint density at radius 1 is 0.739 bits per heavy atom. The Balaban J connectivity index is 1.93. The number of hydrogen-bond donors (Lipinski definition) is 0. The van der Waals surface area contributed by atoms with E-state index in [1.54, 1.807) is 7.11 Å². The van der Waals surface area contributed by atoms with Gasteiger partial charge in [-0.05, 0) is 41.5 Å². The van der Waals surface area contributed by atoms with Crippen LogP contribution >= 0.6 is 0 Å². The fourth-order valence-electron chi connectivity index (χ4n) is 2.99. The Morgan fingerprint density at radius 3 is 2.22 bits per heavy atom. The molecule has 2 heteroatoms. The molecular weight excluding hydrogens is 282 g/mol. The van der Waals surface area contributed by atoms with Gasteiger partial charge in [0.15, 0.2) is 0 Å². The molecule has 0 saturated carbocycles. The summed E-state index contributed by atoms with van der Waals surface area (Å²) < 4.78 is 7.51. The minimum absolute atomic E-state index is 0.876. The first kappa shape index (κ1) is 13.6. The fourth-order valence-corrected chi connectivity index (χ4v) is 2.99. The van der Waals surface area contributed by atoms with Crippen LogP contribution in [0.1, 0.15) is 0 Å². The Bertz CT molecular complexity index is 937. The first-order valence-corrected chi connectivity index (χ1v) is 7.67. The lowest BCUT2D eigenvalue weighted by atomic mass is 10.1. The molecule has 2 aromatic carbocycles. The lowest BCUT2D eigenvalue weighted by molar-refractivity contribution is 0.415. The molecule has 0 unspecified atom stereocenters. The standard InChI is InChI=1S/C21H17NO/c1-23-18-12-10-16(11-13-18)19-15-21(17-7-3-2-4-8-17)22-14-6-5-9-20(19)22/h2-15H,1H3. The minimum atomic E-state index is 0.876. The quantitative estimate of drug-likeness (QED) is 0.501. The van der Waals surface area contributed by atoms with Crippen molar-refractivity contribution < 1.29 is 4.74 Å². The number of benzene rings is 2. The molecule has 0 radical (unpaired) electrons. The topological polar surface area (TPSA) is 13.6 Å². The Kier molecular flexibility index (Phi) is 3.35. The van der Waals surface area contributed by atoms with Crippen molar-refractivity contribution in [1.29, 1.82) is 0 Å². The van der Waals surface area contributed by atoms with Gasteiger partial charge in [-0.3, -0.25) is 0 Å². The van der Waals surface area contributed by atoms with Crippen molar-refractivity contribution in [3.63, 3.8) is 0 Å². The number of methoxy groups -OCH3 is 1. The highest BCUT2D eigenvalue weighted by atomic mass is 16.5. The Hall–Kier alpha value is -3.00. The lowest BCUT2D eigenvalue weighted by Crippen LogP contribution is -1.86. The molecule has 2 aromatic heterocycles. The summed E-state index contributed by atoms with van der Waals surface area (Å²) >= 11 is 0. The molecule has 0 aliphatic heterocycles. The summed E-state index contributed by atoms with van der Waals surface area (Å²) in [5.41, 5.74) is 6.04. The maximum Gasteiger partial charge on any atom is 0.118 e. The molecule has 4 aromatic rings. The molecule has 0 spiro atoms. The van der Waals surface area contributed by atoms with Crippen molar-refractivity contribution >= 4 is 5.52 Å². The zero-order chi connectivity index (χ0) is 15.6. The highest BCUT2D eigenvalue weighted by Crippen LogP contribution is 2.33. The second-order valence-electron chi connectivity index (χ2n) is 5.49. The second kappa shape index (κ2) is 5.65. The van der Waals surface area contributed by atoms with Crippen LogP contribution in [0.2, 0.25) is 0 Å². The summed E-state index contributed by atoms with van der Waals surface area (Å²) in [7, 11) is 1.69. The van der Waals surface area contributed by atoms with Gasteiger partial charge in [-0.15, -0.1) is 0 Å².